The van der Waals surface area contributed by atoms with Crippen LogP contribution in [0.1, 0.15) is 24.2 Å². The lowest BCUT2D eigenvalue weighted by Crippen LogP contribution is -2.07. The molecule has 0 unspecified atom stereocenters. The lowest BCUT2D eigenvalue weighted by molar-refractivity contribution is 0.0939. The van der Waals surface area contributed by atoms with Crippen LogP contribution in [0.3, 0.4) is 0 Å². The summed E-state index contributed by atoms with van der Waals surface area (Å²) >= 11 is 0. The van der Waals surface area contributed by atoms with Gasteiger partial charge in [0.2, 0.25) is 0 Å². The average Bonchev–Trinajstić information content (AvgIpc) is 2.38. The first-order chi connectivity index (χ1) is 8.58. The predicted octanol–water partition coefficient (Wildman–Crippen LogP) is 3.73. The van der Waals surface area contributed by atoms with Gasteiger partial charge >= 0.3 is 0 Å². The van der Waals surface area contributed by atoms with Crippen LogP contribution in [-0.2, 0) is 0 Å². The van der Waals surface area contributed by atoms with Gasteiger partial charge in [0.05, 0.1) is 0 Å². The van der Waals surface area contributed by atoms with Crippen LogP contribution >= 0.6 is 0 Å². The molecule has 3 heteroatoms. The fourth-order valence-corrected chi connectivity index (χ4v) is 1.73. The van der Waals surface area contributed by atoms with Crippen molar-refractivity contribution in [1.82, 2.24) is 4.98 Å². The minimum absolute atomic E-state index is 0.0424. The fourth-order valence-electron chi connectivity index (χ4n) is 1.73. The molecule has 0 spiro atoms. The molecule has 0 aliphatic rings. The fraction of sp³-hybridized carbons (Fsp3) is 0.200. The molecule has 1 aromatic carbocycles. The van der Waals surface area contributed by atoms with Gasteiger partial charge in [0, 0.05) is 29.4 Å². The number of carbonyl (C=O) groups is 1. The smallest absolute Gasteiger partial charge is 0.166 e. The summed E-state index contributed by atoms with van der Waals surface area (Å²) in [6, 6.07) is 8.01. The summed E-state index contributed by atoms with van der Waals surface area (Å²) in [5.41, 5.74) is 2.04. The Morgan fingerprint density at radius 1 is 1.17 bits per heavy atom. The summed E-state index contributed by atoms with van der Waals surface area (Å²) in [6.45, 7) is 3.69. The molecule has 0 saturated carbocycles. The third-order valence-corrected chi connectivity index (χ3v) is 2.71. The number of rotatable bonds is 3. The number of hydrogen-bond donors (Lipinski definition) is 0. The minimum atomic E-state index is -0.298. The predicted molar refractivity (Wildman–Crippen MR) is 68.8 cm³/mol. The number of pyridine rings is 1. The molecule has 2 rings (SSSR count). The Balaban J connectivity index is 2.42. The van der Waals surface area contributed by atoms with Gasteiger partial charge in [0.25, 0.3) is 0 Å². The second-order valence-electron chi connectivity index (χ2n) is 4.49. The summed E-state index contributed by atoms with van der Waals surface area (Å²) in [7, 11) is 0. The van der Waals surface area contributed by atoms with E-state index >= 15 is 0 Å². The van der Waals surface area contributed by atoms with E-state index in [2.05, 4.69) is 4.98 Å². The molecule has 0 fully saturated rings. The summed E-state index contributed by atoms with van der Waals surface area (Å²) < 4.78 is 13.2. The van der Waals surface area contributed by atoms with Crippen molar-refractivity contribution in [1.29, 1.82) is 0 Å². The highest BCUT2D eigenvalue weighted by molar-refractivity contribution is 5.98. The molecule has 92 valence electrons. The highest BCUT2D eigenvalue weighted by atomic mass is 19.1. The number of aromatic nitrogens is 1. The molecule has 0 bridgehead atoms. The van der Waals surface area contributed by atoms with E-state index in [1.165, 1.54) is 12.1 Å². The average molecular weight is 243 g/mol. The van der Waals surface area contributed by atoms with Crippen molar-refractivity contribution >= 4 is 5.78 Å². The van der Waals surface area contributed by atoms with Crippen LogP contribution < -0.4 is 0 Å². The van der Waals surface area contributed by atoms with E-state index in [1.807, 2.05) is 13.8 Å². The number of halogens is 1. The van der Waals surface area contributed by atoms with Gasteiger partial charge < -0.3 is 0 Å². The number of benzene rings is 1. The molecule has 1 aromatic heterocycles. The van der Waals surface area contributed by atoms with Gasteiger partial charge in [-0.15, -0.1) is 0 Å². The molecule has 0 aliphatic carbocycles. The van der Waals surface area contributed by atoms with E-state index in [0.29, 0.717) is 5.56 Å². The van der Waals surface area contributed by atoms with Gasteiger partial charge in [0.15, 0.2) is 5.78 Å². The second-order valence-corrected chi connectivity index (χ2v) is 4.49. The minimum Gasteiger partial charge on any atom is -0.294 e. The maximum absolute atomic E-state index is 13.2. The van der Waals surface area contributed by atoms with Crippen molar-refractivity contribution in [3.8, 4) is 11.1 Å². The first kappa shape index (κ1) is 12.4. The molecular weight excluding hydrogens is 229 g/mol. The van der Waals surface area contributed by atoms with Gasteiger partial charge in [0.1, 0.15) is 5.82 Å². The number of carbonyl (C=O) groups excluding carboxylic acids is 1. The lowest BCUT2D eigenvalue weighted by atomic mass is 9.99. The van der Waals surface area contributed by atoms with Gasteiger partial charge in [-0.3, -0.25) is 9.78 Å². The Bertz CT molecular complexity index is 578. The van der Waals surface area contributed by atoms with Gasteiger partial charge in [-0.05, 0) is 23.8 Å². The molecule has 0 saturated heterocycles. The summed E-state index contributed by atoms with van der Waals surface area (Å²) in [5.74, 6) is -0.330. The quantitative estimate of drug-likeness (QED) is 0.769. The van der Waals surface area contributed by atoms with Crippen molar-refractivity contribution in [2.45, 2.75) is 13.8 Å². The van der Waals surface area contributed by atoms with Crippen molar-refractivity contribution < 1.29 is 9.18 Å². The third-order valence-electron chi connectivity index (χ3n) is 2.71. The van der Waals surface area contributed by atoms with E-state index in [-0.39, 0.29) is 17.5 Å². The van der Waals surface area contributed by atoms with Crippen molar-refractivity contribution in [2.24, 2.45) is 5.92 Å². The molecule has 0 radical (unpaired) electrons. The molecule has 0 atom stereocenters. The normalized spacial score (nSPS) is 10.7. The van der Waals surface area contributed by atoms with Crippen LogP contribution in [0, 0.1) is 11.7 Å². The van der Waals surface area contributed by atoms with Crippen molar-refractivity contribution in [3.63, 3.8) is 0 Å². The second kappa shape index (κ2) is 5.08. The van der Waals surface area contributed by atoms with Crippen molar-refractivity contribution in [2.75, 3.05) is 0 Å². The molecule has 18 heavy (non-hydrogen) atoms. The topological polar surface area (TPSA) is 30.0 Å². The van der Waals surface area contributed by atoms with Gasteiger partial charge in [-0.2, -0.15) is 0 Å². The molecule has 0 N–H and O–H groups in total. The first-order valence-corrected chi connectivity index (χ1v) is 5.83. The Morgan fingerprint density at radius 2 is 1.94 bits per heavy atom. The number of Topliss-reactive ketones (excluding diaryl/α,β-unsaturated/α-hetero) is 1. The number of nitrogens with zero attached hydrogens (tertiary/aromatic N) is 1. The highest BCUT2D eigenvalue weighted by Crippen LogP contribution is 2.21. The van der Waals surface area contributed by atoms with Crippen LogP contribution in [0.4, 0.5) is 4.39 Å². The first-order valence-electron chi connectivity index (χ1n) is 5.83. The molecule has 2 aromatic rings. The monoisotopic (exact) mass is 243 g/mol. The number of ketones is 1. The van der Waals surface area contributed by atoms with Crippen LogP contribution in [0.15, 0.2) is 42.7 Å². The van der Waals surface area contributed by atoms with E-state index in [9.17, 15) is 9.18 Å². The molecule has 0 amide bonds. The summed E-state index contributed by atoms with van der Waals surface area (Å²) in [6.07, 6.45) is 3.18. The van der Waals surface area contributed by atoms with E-state index < -0.39 is 0 Å². The zero-order valence-electron chi connectivity index (χ0n) is 10.4. The zero-order valence-corrected chi connectivity index (χ0v) is 10.4. The molecule has 2 nitrogen and oxygen atoms in total. The standard InChI is InChI=1S/C15H14FNO/c1-10(2)15(18)13-6-12(8-17-9-13)11-4-3-5-14(16)7-11/h3-10H,1-2H3. The lowest BCUT2D eigenvalue weighted by Gasteiger charge is -2.06. The van der Waals surface area contributed by atoms with E-state index in [4.69, 9.17) is 0 Å². The van der Waals surface area contributed by atoms with Crippen LogP contribution in [0.25, 0.3) is 11.1 Å². The Morgan fingerprint density at radius 3 is 2.61 bits per heavy atom. The Hall–Kier alpha value is -2.03. The van der Waals surface area contributed by atoms with Crippen molar-refractivity contribution in [3.05, 3.63) is 54.1 Å². The molecule has 0 aliphatic heterocycles. The zero-order chi connectivity index (χ0) is 13.1. The van der Waals surface area contributed by atoms with Gasteiger partial charge in [-0.25, -0.2) is 4.39 Å². The Kier molecular flexibility index (Phi) is 3.51. The van der Waals surface area contributed by atoms with Crippen LogP contribution in [0.2, 0.25) is 0 Å². The summed E-state index contributed by atoms with van der Waals surface area (Å²) in [4.78, 5) is 15.9. The van der Waals surface area contributed by atoms with Gasteiger partial charge in [-0.1, -0.05) is 26.0 Å². The summed E-state index contributed by atoms with van der Waals surface area (Å²) in [5, 5.41) is 0. The maximum atomic E-state index is 13.2. The SMILES string of the molecule is CC(C)C(=O)c1cncc(-c2cccc(F)c2)c1. The number of hydrogen-bond acceptors (Lipinski definition) is 2. The molecular formula is C15H14FNO. The van der Waals surface area contributed by atoms with Crippen LogP contribution in [0.5, 0.6) is 0 Å². The van der Waals surface area contributed by atoms with E-state index in [0.717, 1.165) is 11.1 Å². The van der Waals surface area contributed by atoms with Crippen LogP contribution in [-0.4, -0.2) is 10.8 Å². The Labute approximate surface area is 105 Å². The largest absolute Gasteiger partial charge is 0.294 e. The highest BCUT2D eigenvalue weighted by Gasteiger charge is 2.11. The maximum Gasteiger partial charge on any atom is 0.166 e. The third kappa shape index (κ3) is 2.62. The molecule has 1 heterocycles. The van der Waals surface area contributed by atoms with E-state index in [1.54, 1.807) is 30.6 Å².